The van der Waals surface area contributed by atoms with Crippen LogP contribution < -0.4 is 0 Å². The van der Waals surface area contributed by atoms with Crippen LogP contribution in [0.4, 0.5) is 0 Å². The van der Waals surface area contributed by atoms with Crippen molar-refractivity contribution in [3.63, 3.8) is 0 Å². The Kier molecular flexibility index (Phi) is 5.28. The van der Waals surface area contributed by atoms with Crippen LogP contribution in [-0.4, -0.2) is 44.0 Å². The summed E-state index contributed by atoms with van der Waals surface area (Å²) in [5.41, 5.74) is 1.98. The van der Waals surface area contributed by atoms with Crippen molar-refractivity contribution in [1.82, 2.24) is 9.29 Å². The average Bonchev–Trinajstić information content (AvgIpc) is 3.10. The number of nitrogens with zero attached hydrogens (tertiary/aromatic N) is 2. The van der Waals surface area contributed by atoms with Crippen LogP contribution in [0.15, 0.2) is 57.8 Å². The first kappa shape index (κ1) is 17.9. The Morgan fingerprint density at radius 2 is 1.92 bits per heavy atom. The Morgan fingerprint density at radius 3 is 2.73 bits per heavy atom. The van der Waals surface area contributed by atoms with Crippen molar-refractivity contribution in [2.45, 2.75) is 15.0 Å². The van der Waals surface area contributed by atoms with Crippen molar-refractivity contribution in [1.29, 1.82) is 0 Å². The van der Waals surface area contributed by atoms with E-state index in [1.54, 1.807) is 35.2 Å². The van der Waals surface area contributed by atoms with Gasteiger partial charge in [-0.2, -0.15) is 4.31 Å². The second kappa shape index (κ2) is 7.66. The number of benzene rings is 2. The Hall–Kier alpha value is -1.45. The molecule has 26 heavy (non-hydrogen) atoms. The molecule has 8 heteroatoms. The fraction of sp³-hybridized carbons (Fsp3) is 0.278. The second-order valence-electron chi connectivity index (χ2n) is 5.90. The van der Waals surface area contributed by atoms with Crippen LogP contribution >= 0.6 is 23.1 Å². The molecule has 1 saturated heterocycles. The van der Waals surface area contributed by atoms with E-state index in [-0.39, 0.29) is 0 Å². The number of ether oxygens (including phenoxy) is 1. The highest BCUT2D eigenvalue weighted by atomic mass is 32.2. The minimum atomic E-state index is -3.46. The lowest BCUT2D eigenvalue weighted by molar-refractivity contribution is 0.0730. The Labute approximate surface area is 161 Å². The topological polar surface area (TPSA) is 59.5 Å². The summed E-state index contributed by atoms with van der Waals surface area (Å²) in [6.07, 6.45) is 0. The fourth-order valence-corrected chi connectivity index (χ4v) is 6.28. The first-order chi connectivity index (χ1) is 12.6. The molecule has 0 amide bonds. The molecule has 3 aromatic rings. The molecule has 1 aliphatic heterocycles. The quantitative estimate of drug-likeness (QED) is 0.606. The van der Waals surface area contributed by atoms with Crippen LogP contribution in [0.1, 0.15) is 5.56 Å². The fourth-order valence-electron chi connectivity index (χ4n) is 2.79. The van der Waals surface area contributed by atoms with Gasteiger partial charge >= 0.3 is 0 Å². The molecule has 0 bridgehead atoms. The smallest absolute Gasteiger partial charge is 0.243 e. The van der Waals surface area contributed by atoms with Crippen molar-refractivity contribution in [2.24, 2.45) is 0 Å². The SMILES string of the molecule is O=S(=O)(c1cccc(CSc2nc3ccccc3s2)c1)N1CCOCC1. The maximum absolute atomic E-state index is 12.8. The van der Waals surface area contributed by atoms with Crippen molar-refractivity contribution in [3.05, 3.63) is 54.1 Å². The van der Waals surface area contributed by atoms with Gasteiger partial charge in [0, 0.05) is 18.8 Å². The second-order valence-corrected chi connectivity index (χ2v) is 10.1. The van der Waals surface area contributed by atoms with E-state index in [0.29, 0.717) is 37.0 Å². The number of hydrogen-bond acceptors (Lipinski definition) is 6. The third-order valence-corrected chi connectivity index (χ3v) is 8.29. The maximum Gasteiger partial charge on any atom is 0.243 e. The Balaban J connectivity index is 1.50. The number of para-hydroxylation sites is 1. The van der Waals surface area contributed by atoms with Gasteiger partial charge in [-0.15, -0.1) is 11.3 Å². The van der Waals surface area contributed by atoms with Crippen LogP contribution in [0.3, 0.4) is 0 Å². The highest BCUT2D eigenvalue weighted by Gasteiger charge is 2.26. The molecular weight excluding hydrogens is 388 g/mol. The highest BCUT2D eigenvalue weighted by molar-refractivity contribution is 8.00. The summed E-state index contributed by atoms with van der Waals surface area (Å²) in [5, 5.41) is 0. The number of morpholine rings is 1. The van der Waals surface area contributed by atoms with Crippen LogP contribution in [0.5, 0.6) is 0 Å². The molecule has 0 spiro atoms. The van der Waals surface area contributed by atoms with Gasteiger partial charge in [-0.05, 0) is 29.8 Å². The van der Waals surface area contributed by atoms with Gasteiger partial charge < -0.3 is 4.74 Å². The molecule has 136 valence electrons. The van der Waals surface area contributed by atoms with Crippen LogP contribution in [0, 0.1) is 0 Å². The lowest BCUT2D eigenvalue weighted by Gasteiger charge is -2.26. The van der Waals surface area contributed by atoms with Gasteiger partial charge in [-0.1, -0.05) is 36.0 Å². The van der Waals surface area contributed by atoms with Crippen LogP contribution in [0.25, 0.3) is 10.2 Å². The average molecular weight is 407 g/mol. The molecule has 0 N–H and O–H groups in total. The monoisotopic (exact) mass is 406 g/mol. The molecule has 2 heterocycles. The van der Waals surface area contributed by atoms with Gasteiger partial charge in [-0.25, -0.2) is 13.4 Å². The summed E-state index contributed by atoms with van der Waals surface area (Å²) in [5.74, 6) is 0.687. The van der Waals surface area contributed by atoms with Gasteiger partial charge in [0.2, 0.25) is 10.0 Å². The van der Waals surface area contributed by atoms with E-state index >= 15 is 0 Å². The molecule has 4 rings (SSSR count). The van der Waals surface area contributed by atoms with Crippen molar-refractivity contribution < 1.29 is 13.2 Å². The summed E-state index contributed by atoms with van der Waals surface area (Å²) in [6, 6.07) is 15.3. The normalized spacial score (nSPS) is 16.2. The number of rotatable bonds is 5. The van der Waals surface area contributed by atoms with E-state index < -0.39 is 10.0 Å². The molecule has 0 unspecified atom stereocenters. The van der Waals surface area contributed by atoms with Gasteiger partial charge in [0.15, 0.2) is 4.34 Å². The molecule has 0 saturated carbocycles. The third kappa shape index (κ3) is 3.79. The maximum atomic E-state index is 12.8. The predicted octanol–water partition coefficient (Wildman–Crippen LogP) is 3.61. The van der Waals surface area contributed by atoms with Gasteiger partial charge in [0.05, 0.1) is 28.3 Å². The standard InChI is InChI=1S/C18H18N2O3S3/c21-26(22,20-8-10-23-11-9-20)15-5-3-4-14(12-15)13-24-18-19-16-6-1-2-7-17(16)25-18/h1-7,12H,8-11,13H2. The zero-order valence-electron chi connectivity index (χ0n) is 14.0. The highest BCUT2D eigenvalue weighted by Crippen LogP contribution is 2.31. The Bertz CT molecular complexity index is 978. The van der Waals surface area contributed by atoms with E-state index in [9.17, 15) is 8.42 Å². The minimum absolute atomic E-state index is 0.349. The molecule has 1 fully saturated rings. The van der Waals surface area contributed by atoms with E-state index in [1.807, 2.05) is 30.3 Å². The summed E-state index contributed by atoms with van der Waals surface area (Å²) in [7, 11) is -3.46. The lowest BCUT2D eigenvalue weighted by Crippen LogP contribution is -2.40. The van der Waals surface area contributed by atoms with E-state index in [2.05, 4.69) is 11.1 Å². The number of fused-ring (bicyclic) bond motifs is 1. The molecule has 5 nitrogen and oxygen atoms in total. The number of thioether (sulfide) groups is 1. The first-order valence-electron chi connectivity index (χ1n) is 8.28. The van der Waals surface area contributed by atoms with E-state index in [4.69, 9.17) is 4.74 Å². The molecular formula is C18H18N2O3S3. The minimum Gasteiger partial charge on any atom is -0.379 e. The zero-order valence-corrected chi connectivity index (χ0v) is 16.4. The Morgan fingerprint density at radius 1 is 1.12 bits per heavy atom. The number of thiazole rings is 1. The van der Waals surface area contributed by atoms with Crippen molar-refractivity contribution >= 4 is 43.3 Å². The van der Waals surface area contributed by atoms with Crippen LogP contribution in [-0.2, 0) is 20.5 Å². The van der Waals surface area contributed by atoms with E-state index in [0.717, 1.165) is 15.4 Å². The molecule has 2 aromatic carbocycles. The van der Waals surface area contributed by atoms with Gasteiger partial charge in [-0.3, -0.25) is 0 Å². The van der Waals surface area contributed by atoms with Crippen molar-refractivity contribution in [2.75, 3.05) is 26.3 Å². The molecule has 1 aliphatic rings. The number of hydrogen-bond donors (Lipinski definition) is 0. The third-order valence-electron chi connectivity index (χ3n) is 4.14. The number of sulfonamides is 1. The molecule has 0 radical (unpaired) electrons. The molecule has 0 atom stereocenters. The molecule has 1 aromatic heterocycles. The van der Waals surface area contributed by atoms with E-state index in [1.165, 1.54) is 9.01 Å². The summed E-state index contributed by atoms with van der Waals surface area (Å²) in [6.45, 7) is 1.72. The summed E-state index contributed by atoms with van der Waals surface area (Å²) < 4.78 is 34.5. The summed E-state index contributed by atoms with van der Waals surface area (Å²) >= 11 is 3.29. The van der Waals surface area contributed by atoms with Crippen molar-refractivity contribution in [3.8, 4) is 0 Å². The predicted molar refractivity (Wildman–Crippen MR) is 105 cm³/mol. The summed E-state index contributed by atoms with van der Waals surface area (Å²) in [4.78, 5) is 4.96. The van der Waals surface area contributed by atoms with Gasteiger partial charge in [0.1, 0.15) is 0 Å². The van der Waals surface area contributed by atoms with Gasteiger partial charge in [0.25, 0.3) is 0 Å². The number of aromatic nitrogens is 1. The molecule has 0 aliphatic carbocycles. The lowest BCUT2D eigenvalue weighted by atomic mass is 10.2. The first-order valence-corrected chi connectivity index (χ1v) is 11.5. The zero-order chi connectivity index (χ0) is 18.0. The van der Waals surface area contributed by atoms with Crippen LogP contribution in [0.2, 0.25) is 0 Å². The largest absolute Gasteiger partial charge is 0.379 e.